The number of nitrogens with zero attached hydrogens (tertiary/aromatic N) is 1. The van der Waals surface area contributed by atoms with Crippen molar-refractivity contribution < 1.29 is 0 Å². The number of rotatable bonds is 8. The van der Waals surface area contributed by atoms with Crippen molar-refractivity contribution in [2.45, 2.75) is 56.7 Å². The topological polar surface area (TPSA) is 24.9 Å². The monoisotopic (exact) mass is 278 g/mol. The molecule has 1 aliphatic rings. The van der Waals surface area contributed by atoms with Gasteiger partial charge < -0.3 is 5.32 Å². The average Bonchev–Trinajstić information content (AvgIpc) is 2.96. The van der Waals surface area contributed by atoms with Gasteiger partial charge in [-0.1, -0.05) is 25.8 Å². The summed E-state index contributed by atoms with van der Waals surface area (Å²) >= 11 is 2.17. The van der Waals surface area contributed by atoms with Crippen molar-refractivity contribution in [3.05, 3.63) is 30.1 Å². The van der Waals surface area contributed by atoms with Crippen LogP contribution in [0.5, 0.6) is 0 Å². The van der Waals surface area contributed by atoms with E-state index >= 15 is 0 Å². The predicted molar refractivity (Wildman–Crippen MR) is 84.7 cm³/mol. The lowest BCUT2D eigenvalue weighted by Crippen LogP contribution is -2.34. The maximum Gasteiger partial charge on any atom is 0.0419 e. The minimum atomic E-state index is 0.570. The molecule has 19 heavy (non-hydrogen) atoms. The van der Waals surface area contributed by atoms with Crippen molar-refractivity contribution in [1.82, 2.24) is 10.3 Å². The van der Waals surface area contributed by atoms with Gasteiger partial charge in [-0.2, -0.15) is 11.8 Å². The summed E-state index contributed by atoms with van der Waals surface area (Å²) in [6, 6.07) is 6.79. The zero-order valence-corrected chi connectivity index (χ0v) is 12.8. The quantitative estimate of drug-likeness (QED) is 0.785. The summed E-state index contributed by atoms with van der Waals surface area (Å²) in [5.74, 6) is 1.22. The van der Waals surface area contributed by atoms with E-state index in [2.05, 4.69) is 41.1 Å². The Hall–Kier alpha value is -0.540. The van der Waals surface area contributed by atoms with Gasteiger partial charge in [-0.25, -0.2) is 0 Å². The number of thioether (sulfide) groups is 1. The third kappa shape index (κ3) is 5.53. The van der Waals surface area contributed by atoms with Crippen LogP contribution in [0.3, 0.4) is 0 Å². The molecule has 1 aromatic rings. The van der Waals surface area contributed by atoms with Crippen molar-refractivity contribution in [3.8, 4) is 0 Å². The molecule has 2 rings (SSSR count). The molecule has 1 atom stereocenters. The Morgan fingerprint density at radius 1 is 1.37 bits per heavy atom. The standard InChI is InChI=1S/C16H26N2S/c1-2-10-17-15(12-14-7-5-6-11-18-14)13-19-16-8-3-4-9-16/h5-7,11,15-17H,2-4,8-10,12-13H2,1H3. The highest BCUT2D eigenvalue weighted by atomic mass is 32.2. The van der Waals surface area contributed by atoms with Gasteiger partial charge in [0.1, 0.15) is 0 Å². The number of nitrogens with one attached hydrogen (secondary N) is 1. The first-order valence-corrected chi connectivity index (χ1v) is 8.68. The van der Waals surface area contributed by atoms with Gasteiger partial charge in [0, 0.05) is 35.4 Å². The lowest BCUT2D eigenvalue weighted by atomic mass is 10.1. The molecule has 3 heteroatoms. The van der Waals surface area contributed by atoms with Crippen molar-refractivity contribution in [3.63, 3.8) is 0 Å². The Morgan fingerprint density at radius 3 is 2.89 bits per heavy atom. The molecule has 0 aromatic carbocycles. The number of aromatic nitrogens is 1. The van der Waals surface area contributed by atoms with E-state index in [0.717, 1.165) is 18.2 Å². The Labute approximate surface area is 121 Å². The molecule has 0 aliphatic heterocycles. The van der Waals surface area contributed by atoms with Gasteiger partial charge in [0.05, 0.1) is 0 Å². The van der Waals surface area contributed by atoms with Crippen molar-refractivity contribution in [2.24, 2.45) is 0 Å². The molecular formula is C16H26N2S. The smallest absolute Gasteiger partial charge is 0.0419 e. The van der Waals surface area contributed by atoms with Gasteiger partial charge in [-0.3, -0.25) is 4.98 Å². The van der Waals surface area contributed by atoms with Gasteiger partial charge in [0.15, 0.2) is 0 Å². The van der Waals surface area contributed by atoms with Crippen molar-refractivity contribution in [1.29, 1.82) is 0 Å². The Morgan fingerprint density at radius 2 is 2.21 bits per heavy atom. The van der Waals surface area contributed by atoms with E-state index < -0.39 is 0 Å². The van der Waals surface area contributed by atoms with Crippen LogP contribution in [0, 0.1) is 0 Å². The molecule has 106 valence electrons. The SMILES string of the molecule is CCCNC(CSC1CCCC1)Cc1ccccn1. The first kappa shape index (κ1) is 14.9. The van der Waals surface area contributed by atoms with E-state index in [1.807, 2.05) is 12.3 Å². The van der Waals surface area contributed by atoms with Gasteiger partial charge in [-0.05, 0) is 37.9 Å². The third-order valence-electron chi connectivity index (χ3n) is 3.70. The number of hydrogen-bond donors (Lipinski definition) is 1. The van der Waals surface area contributed by atoms with Crippen LogP contribution >= 0.6 is 11.8 Å². The lowest BCUT2D eigenvalue weighted by Gasteiger charge is -2.20. The number of hydrogen-bond acceptors (Lipinski definition) is 3. The highest BCUT2D eigenvalue weighted by Gasteiger charge is 2.18. The summed E-state index contributed by atoms with van der Waals surface area (Å²) in [4.78, 5) is 4.46. The lowest BCUT2D eigenvalue weighted by molar-refractivity contribution is 0.544. The summed E-state index contributed by atoms with van der Waals surface area (Å²) in [6.45, 7) is 3.34. The minimum Gasteiger partial charge on any atom is -0.313 e. The summed E-state index contributed by atoms with van der Waals surface area (Å²) in [6.07, 6.45) is 9.88. The molecule has 0 saturated heterocycles. The average molecular weight is 278 g/mol. The first-order valence-electron chi connectivity index (χ1n) is 7.63. The molecule has 1 fully saturated rings. The van der Waals surface area contributed by atoms with Crippen LogP contribution in [0.1, 0.15) is 44.7 Å². The molecule has 0 radical (unpaired) electrons. The van der Waals surface area contributed by atoms with Crippen LogP contribution in [0.25, 0.3) is 0 Å². The zero-order valence-electron chi connectivity index (χ0n) is 12.0. The predicted octanol–water partition coefficient (Wildman–Crippen LogP) is 3.67. The second-order valence-electron chi connectivity index (χ2n) is 5.42. The fourth-order valence-electron chi connectivity index (χ4n) is 2.62. The molecule has 1 saturated carbocycles. The van der Waals surface area contributed by atoms with E-state index in [1.54, 1.807) is 0 Å². The summed E-state index contributed by atoms with van der Waals surface area (Å²) in [5.41, 5.74) is 1.21. The molecule has 0 spiro atoms. The minimum absolute atomic E-state index is 0.570. The van der Waals surface area contributed by atoms with Crippen LogP contribution < -0.4 is 5.32 Å². The normalized spacial score (nSPS) is 17.7. The van der Waals surface area contributed by atoms with Gasteiger partial charge in [0.2, 0.25) is 0 Å². The van der Waals surface area contributed by atoms with E-state index in [0.29, 0.717) is 6.04 Å². The van der Waals surface area contributed by atoms with Crippen LogP contribution in [-0.4, -0.2) is 28.6 Å². The molecule has 2 nitrogen and oxygen atoms in total. The van der Waals surface area contributed by atoms with Crippen LogP contribution in [0.2, 0.25) is 0 Å². The van der Waals surface area contributed by atoms with E-state index in [1.165, 1.54) is 43.6 Å². The van der Waals surface area contributed by atoms with E-state index in [4.69, 9.17) is 0 Å². The van der Waals surface area contributed by atoms with E-state index in [-0.39, 0.29) is 0 Å². The fourth-order valence-corrected chi connectivity index (χ4v) is 4.02. The second kappa shape index (κ2) is 8.60. The Balaban J connectivity index is 1.80. The zero-order chi connectivity index (χ0) is 13.3. The molecule has 1 unspecified atom stereocenters. The van der Waals surface area contributed by atoms with Gasteiger partial charge >= 0.3 is 0 Å². The van der Waals surface area contributed by atoms with Crippen molar-refractivity contribution in [2.75, 3.05) is 12.3 Å². The van der Waals surface area contributed by atoms with Crippen LogP contribution in [0.15, 0.2) is 24.4 Å². The molecule has 1 aliphatic carbocycles. The summed E-state index contributed by atoms with van der Waals surface area (Å²) in [7, 11) is 0. The fraction of sp³-hybridized carbons (Fsp3) is 0.688. The third-order valence-corrected chi connectivity index (χ3v) is 5.24. The first-order chi connectivity index (χ1) is 9.38. The second-order valence-corrected chi connectivity index (χ2v) is 6.75. The van der Waals surface area contributed by atoms with Gasteiger partial charge in [-0.15, -0.1) is 0 Å². The highest BCUT2D eigenvalue weighted by Crippen LogP contribution is 2.29. The van der Waals surface area contributed by atoms with Crippen molar-refractivity contribution >= 4 is 11.8 Å². The van der Waals surface area contributed by atoms with Gasteiger partial charge in [0.25, 0.3) is 0 Å². The molecule has 0 amide bonds. The largest absolute Gasteiger partial charge is 0.313 e. The Bertz CT molecular complexity index is 336. The Kier molecular flexibility index (Phi) is 6.72. The molecule has 1 heterocycles. The molecule has 1 aromatic heterocycles. The highest BCUT2D eigenvalue weighted by molar-refractivity contribution is 7.99. The van der Waals surface area contributed by atoms with Crippen LogP contribution in [0.4, 0.5) is 0 Å². The molecule has 0 bridgehead atoms. The molecular weight excluding hydrogens is 252 g/mol. The van der Waals surface area contributed by atoms with E-state index in [9.17, 15) is 0 Å². The molecule has 1 N–H and O–H groups in total. The summed E-state index contributed by atoms with van der Waals surface area (Å²) in [5, 5.41) is 4.59. The number of pyridine rings is 1. The maximum atomic E-state index is 4.46. The maximum absolute atomic E-state index is 4.46. The van der Waals surface area contributed by atoms with Crippen LogP contribution in [-0.2, 0) is 6.42 Å². The summed E-state index contributed by atoms with van der Waals surface area (Å²) < 4.78 is 0.